The lowest BCUT2D eigenvalue weighted by Gasteiger charge is -2.35. The molecule has 2 heterocycles. The minimum absolute atomic E-state index is 0.133. The van der Waals surface area contributed by atoms with Crippen LogP contribution in [-0.2, 0) is 21.5 Å². The summed E-state index contributed by atoms with van der Waals surface area (Å²) in [6.07, 6.45) is 2.72. The number of rotatable bonds is 5. The van der Waals surface area contributed by atoms with Gasteiger partial charge in [0.15, 0.2) is 0 Å². The van der Waals surface area contributed by atoms with Crippen molar-refractivity contribution >= 4 is 11.8 Å². The summed E-state index contributed by atoms with van der Waals surface area (Å²) in [6.45, 7) is 8.47. The fraction of sp³-hybridized carbons (Fsp3) is 0.462. The summed E-state index contributed by atoms with van der Waals surface area (Å²) in [4.78, 5) is 23.5. The Balaban J connectivity index is 1.21. The molecule has 2 aromatic rings. The first-order chi connectivity index (χ1) is 15.3. The second kappa shape index (κ2) is 9.33. The minimum atomic E-state index is -0.403. The van der Waals surface area contributed by atoms with Gasteiger partial charge in [0.25, 0.3) is 0 Å². The van der Waals surface area contributed by atoms with Crippen LogP contribution in [0.3, 0.4) is 0 Å². The minimum Gasteiger partial charge on any atom is -0.388 e. The molecule has 0 atom stereocenters. The predicted octanol–water partition coefficient (Wildman–Crippen LogP) is 4.83. The highest BCUT2D eigenvalue weighted by molar-refractivity contribution is 6.01. The lowest BCUT2D eigenvalue weighted by molar-refractivity contribution is -0.157. The predicted molar refractivity (Wildman–Crippen MR) is 126 cm³/mol. The number of hydrogen-bond donors (Lipinski definition) is 1. The van der Waals surface area contributed by atoms with Crippen LogP contribution in [0.4, 0.5) is 4.79 Å². The van der Waals surface area contributed by atoms with Gasteiger partial charge in [0.05, 0.1) is 5.71 Å². The number of nitrogens with zero attached hydrogens (tertiary/aromatic N) is 2. The van der Waals surface area contributed by atoms with Gasteiger partial charge >= 0.3 is 6.09 Å². The van der Waals surface area contributed by atoms with E-state index in [1.807, 2.05) is 30.3 Å². The monoisotopic (exact) mass is 435 g/mol. The Morgan fingerprint density at radius 3 is 2.44 bits per heavy atom. The summed E-state index contributed by atoms with van der Waals surface area (Å²) in [5.74, 6) is 0. The van der Waals surface area contributed by atoms with Crippen molar-refractivity contribution in [2.75, 3.05) is 19.6 Å². The van der Waals surface area contributed by atoms with Crippen LogP contribution in [0.25, 0.3) is 0 Å². The molecule has 0 aromatic heterocycles. The molecule has 2 aliphatic heterocycles. The molecule has 0 unspecified atom stereocenters. The number of amides is 1. The average Bonchev–Trinajstić information content (AvgIpc) is 3.19. The second-order valence-corrected chi connectivity index (χ2v) is 9.79. The van der Waals surface area contributed by atoms with Crippen molar-refractivity contribution in [2.24, 2.45) is 5.16 Å². The number of hydrogen-bond acceptors (Lipinski definition) is 5. The smallest absolute Gasteiger partial charge is 0.388 e. The van der Waals surface area contributed by atoms with Crippen LogP contribution >= 0.6 is 0 Å². The Kier molecular flexibility index (Phi) is 6.51. The van der Waals surface area contributed by atoms with Crippen molar-refractivity contribution in [3.8, 4) is 0 Å². The number of carbonyl (C=O) groups excluding carboxylic acids is 1. The molecule has 0 radical (unpaired) electrons. The van der Waals surface area contributed by atoms with E-state index in [-0.39, 0.29) is 11.0 Å². The van der Waals surface area contributed by atoms with Crippen molar-refractivity contribution in [2.45, 2.75) is 57.5 Å². The number of hydroxylamine groups is 2. The zero-order chi connectivity index (χ0) is 22.6. The highest BCUT2D eigenvalue weighted by Gasteiger charge is 2.43. The average molecular weight is 436 g/mol. The van der Waals surface area contributed by atoms with Gasteiger partial charge < -0.3 is 15.0 Å². The molecular weight excluding hydrogens is 402 g/mol. The third-order valence-electron chi connectivity index (χ3n) is 6.29. The van der Waals surface area contributed by atoms with Gasteiger partial charge in [0.1, 0.15) is 5.60 Å². The molecule has 1 amide bonds. The normalized spacial score (nSPS) is 18.2. The van der Waals surface area contributed by atoms with E-state index in [2.05, 4.69) is 55.5 Å². The van der Waals surface area contributed by atoms with Gasteiger partial charge in [-0.25, -0.2) is 4.79 Å². The van der Waals surface area contributed by atoms with Gasteiger partial charge in [-0.1, -0.05) is 80.5 Å². The molecule has 0 bridgehead atoms. The van der Waals surface area contributed by atoms with Crippen LogP contribution in [0.5, 0.6) is 0 Å². The number of carbonyl (C=O) groups is 1. The first-order valence-corrected chi connectivity index (χ1v) is 11.4. The number of oxime groups is 1. The molecule has 1 fully saturated rings. The summed E-state index contributed by atoms with van der Waals surface area (Å²) in [7, 11) is 0. The molecule has 170 valence electrons. The zero-order valence-electron chi connectivity index (χ0n) is 19.3. The second-order valence-electron chi connectivity index (χ2n) is 9.79. The highest BCUT2D eigenvalue weighted by atomic mass is 16.7. The van der Waals surface area contributed by atoms with Gasteiger partial charge in [0.2, 0.25) is 0 Å². The van der Waals surface area contributed by atoms with E-state index in [1.54, 1.807) is 5.06 Å². The van der Waals surface area contributed by atoms with Gasteiger partial charge in [0, 0.05) is 38.9 Å². The quantitative estimate of drug-likeness (QED) is 0.731. The van der Waals surface area contributed by atoms with E-state index in [9.17, 15) is 4.79 Å². The SMILES string of the molecule is CC(C)(C)c1ccc(C2=NOC3(CCN(OC(=O)NCCc4ccccc4)CC3)C2)cc1. The van der Waals surface area contributed by atoms with Crippen LogP contribution in [0.2, 0.25) is 0 Å². The van der Waals surface area contributed by atoms with Crippen LogP contribution < -0.4 is 5.32 Å². The first kappa shape index (κ1) is 22.3. The fourth-order valence-electron chi connectivity index (χ4n) is 4.20. The Hall–Kier alpha value is -2.86. The van der Waals surface area contributed by atoms with Crippen molar-refractivity contribution in [3.05, 3.63) is 71.3 Å². The van der Waals surface area contributed by atoms with Crippen LogP contribution in [-0.4, -0.2) is 42.1 Å². The lowest BCUT2D eigenvalue weighted by atomic mass is 9.84. The van der Waals surface area contributed by atoms with E-state index >= 15 is 0 Å². The van der Waals surface area contributed by atoms with Crippen LogP contribution in [0, 0.1) is 0 Å². The molecule has 1 spiro atoms. The van der Waals surface area contributed by atoms with E-state index in [4.69, 9.17) is 9.68 Å². The van der Waals surface area contributed by atoms with E-state index < -0.39 is 6.09 Å². The Morgan fingerprint density at radius 2 is 1.78 bits per heavy atom. The molecule has 2 aliphatic rings. The fourth-order valence-corrected chi connectivity index (χ4v) is 4.20. The van der Waals surface area contributed by atoms with Crippen LogP contribution in [0.15, 0.2) is 59.8 Å². The Labute approximate surface area is 190 Å². The highest BCUT2D eigenvalue weighted by Crippen LogP contribution is 2.36. The molecule has 2 aromatic carbocycles. The molecule has 0 aliphatic carbocycles. The summed E-state index contributed by atoms with van der Waals surface area (Å²) < 4.78 is 0. The zero-order valence-corrected chi connectivity index (χ0v) is 19.3. The van der Waals surface area contributed by atoms with Crippen molar-refractivity contribution < 1.29 is 14.5 Å². The molecule has 6 heteroatoms. The summed E-state index contributed by atoms with van der Waals surface area (Å²) in [5, 5.41) is 8.96. The van der Waals surface area contributed by atoms with Crippen molar-refractivity contribution in [1.29, 1.82) is 0 Å². The summed E-state index contributed by atoms with van der Waals surface area (Å²) in [6, 6.07) is 18.7. The molecule has 4 rings (SSSR count). The van der Waals surface area contributed by atoms with Crippen molar-refractivity contribution in [3.63, 3.8) is 0 Å². The maximum absolute atomic E-state index is 12.1. The molecule has 1 saturated heterocycles. The van der Waals surface area contributed by atoms with Gasteiger partial charge in [-0.2, -0.15) is 0 Å². The molecular formula is C26H33N3O3. The van der Waals surface area contributed by atoms with E-state index in [0.717, 1.165) is 37.0 Å². The third-order valence-corrected chi connectivity index (χ3v) is 6.29. The van der Waals surface area contributed by atoms with Gasteiger partial charge in [-0.3, -0.25) is 0 Å². The van der Waals surface area contributed by atoms with Gasteiger partial charge in [-0.15, -0.1) is 5.06 Å². The van der Waals surface area contributed by atoms with E-state index in [1.165, 1.54) is 11.1 Å². The molecule has 32 heavy (non-hydrogen) atoms. The molecule has 0 saturated carbocycles. The number of nitrogens with one attached hydrogen (secondary N) is 1. The summed E-state index contributed by atoms with van der Waals surface area (Å²) >= 11 is 0. The Morgan fingerprint density at radius 1 is 1.09 bits per heavy atom. The number of piperidine rings is 1. The number of benzene rings is 2. The van der Waals surface area contributed by atoms with E-state index in [0.29, 0.717) is 19.6 Å². The molecule has 1 N–H and O–H groups in total. The Bertz CT molecular complexity index is 941. The van der Waals surface area contributed by atoms with Gasteiger partial charge in [-0.05, 0) is 28.5 Å². The van der Waals surface area contributed by atoms with Crippen LogP contribution in [0.1, 0.15) is 56.7 Å². The largest absolute Gasteiger partial charge is 0.426 e. The third kappa shape index (κ3) is 5.49. The van der Waals surface area contributed by atoms with Crippen molar-refractivity contribution in [1.82, 2.24) is 10.4 Å². The standard InChI is InChI=1S/C26H33N3O3/c1-25(2,3)22-11-9-21(10-12-22)23-19-26(32-28-23)14-17-29(18-15-26)31-24(30)27-16-13-20-7-5-4-6-8-20/h4-12H,13-19H2,1-3H3,(H,27,30). The summed E-state index contributed by atoms with van der Waals surface area (Å²) in [5.41, 5.74) is 4.46. The lowest BCUT2D eigenvalue weighted by Crippen LogP contribution is -2.46. The topological polar surface area (TPSA) is 63.2 Å². The maximum atomic E-state index is 12.1. The maximum Gasteiger partial charge on any atom is 0.426 e. The first-order valence-electron chi connectivity index (χ1n) is 11.4. The molecule has 6 nitrogen and oxygen atoms in total.